The Morgan fingerprint density at radius 2 is 0.949 bits per heavy atom. The number of anilines is 3. The fourth-order valence-corrected chi connectivity index (χ4v) is 10.1. The molecule has 0 N–H and O–H groups in total. The lowest BCUT2D eigenvalue weighted by atomic mass is 9.67. The highest BCUT2D eigenvalue weighted by molar-refractivity contribution is 6.10. The van der Waals surface area contributed by atoms with E-state index >= 15 is 0 Å². The molecule has 0 aliphatic heterocycles. The van der Waals surface area contributed by atoms with Gasteiger partial charge in [-0.05, 0) is 119 Å². The molecule has 0 atom stereocenters. The molecule has 1 aliphatic carbocycles. The summed E-state index contributed by atoms with van der Waals surface area (Å²) in [6, 6.07) is 78.7. The van der Waals surface area contributed by atoms with Gasteiger partial charge in [-0.15, -0.1) is 0 Å². The second kappa shape index (κ2) is 13.5. The minimum atomic E-state index is -0.511. The third kappa shape index (κ3) is 5.40. The first-order valence-electron chi connectivity index (χ1n) is 20.7. The Hall–Kier alpha value is -7.16. The smallest absolute Gasteiger partial charge is 0.0714 e. The summed E-state index contributed by atoms with van der Waals surface area (Å²) in [6.07, 6.45) is 0. The van der Waals surface area contributed by atoms with Crippen molar-refractivity contribution >= 4 is 49.6 Å². The number of fused-ring (bicyclic) bond motifs is 7. The topological polar surface area (TPSA) is 8.17 Å². The molecule has 0 fully saturated rings. The predicted molar refractivity (Wildman–Crippen MR) is 249 cm³/mol. The van der Waals surface area contributed by atoms with Crippen molar-refractivity contribution in [1.82, 2.24) is 4.57 Å². The molecule has 0 bridgehead atoms. The second-order valence-electron chi connectivity index (χ2n) is 16.9. The van der Waals surface area contributed by atoms with Gasteiger partial charge >= 0.3 is 0 Å². The highest BCUT2D eigenvalue weighted by atomic mass is 15.1. The van der Waals surface area contributed by atoms with Crippen molar-refractivity contribution < 1.29 is 0 Å². The first kappa shape index (κ1) is 35.0. The van der Waals surface area contributed by atoms with E-state index in [4.69, 9.17) is 0 Å². The van der Waals surface area contributed by atoms with Crippen LogP contribution in [0.1, 0.15) is 43.0 Å². The lowest BCUT2D eigenvalue weighted by Crippen LogP contribution is -2.28. The number of nitrogens with zero attached hydrogens (tertiary/aromatic N) is 2. The van der Waals surface area contributed by atoms with Gasteiger partial charge in [-0.3, -0.25) is 0 Å². The Bertz CT molecular complexity index is 3150. The summed E-state index contributed by atoms with van der Waals surface area (Å²) in [6.45, 7) is 6.92. The van der Waals surface area contributed by atoms with E-state index in [0.29, 0.717) is 0 Å². The molecule has 2 nitrogen and oxygen atoms in total. The van der Waals surface area contributed by atoms with Crippen molar-refractivity contribution in [2.24, 2.45) is 0 Å². The van der Waals surface area contributed by atoms with Gasteiger partial charge in [0.1, 0.15) is 0 Å². The van der Waals surface area contributed by atoms with Crippen LogP contribution in [0.5, 0.6) is 0 Å². The molecule has 9 aromatic carbocycles. The normalized spacial score (nSPS) is 13.1. The van der Waals surface area contributed by atoms with Crippen molar-refractivity contribution in [2.75, 3.05) is 4.90 Å². The van der Waals surface area contributed by atoms with Crippen molar-refractivity contribution in [1.29, 1.82) is 0 Å². The van der Waals surface area contributed by atoms with E-state index in [1.807, 2.05) is 0 Å². The van der Waals surface area contributed by atoms with Gasteiger partial charge in [-0.25, -0.2) is 0 Å². The van der Waals surface area contributed by atoms with Crippen LogP contribution in [0.3, 0.4) is 0 Å². The number of rotatable bonds is 6. The van der Waals surface area contributed by atoms with E-state index in [2.05, 4.69) is 243 Å². The molecule has 2 heteroatoms. The molecule has 0 spiro atoms. The molecule has 0 radical (unpaired) electrons. The number of benzene rings is 9. The molecule has 10 aromatic rings. The zero-order valence-electron chi connectivity index (χ0n) is 33.6. The van der Waals surface area contributed by atoms with Gasteiger partial charge < -0.3 is 9.47 Å². The molecule has 1 heterocycles. The molecule has 0 unspecified atom stereocenters. The quantitative estimate of drug-likeness (QED) is 0.164. The predicted octanol–water partition coefficient (Wildman–Crippen LogP) is 15.2. The van der Waals surface area contributed by atoms with Gasteiger partial charge in [-0.1, -0.05) is 170 Å². The maximum atomic E-state index is 2.52. The van der Waals surface area contributed by atoms with Crippen LogP contribution in [0, 0.1) is 0 Å². The lowest BCUT2D eigenvalue weighted by Gasteiger charge is -2.35. The molecule has 59 heavy (non-hydrogen) atoms. The minimum Gasteiger partial charge on any atom is -0.335 e. The number of aromatic nitrogens is 1. The lowest BCUT2D eigenvalue weighted by molar-refractivity contribution is 0.423. The van der Waals surface area contributed by atoms with E-state index < -0.39 is 5.41 Å². The first-order valence-corrected chi connectivity index (χ1v) is 20.7. The van der Waals surface area contributed by atoms with Crippen LogP contribution in [0.4, 0.5) is 17.1 Å². The van der Waals surface area contributed by atoms with E-state index in [1.54, 1.807) is 0 Å². The minimum absolute atomic E-state index is 0.136. The van der Waals surface area contributed by atoms with Crippen LogP contribution in [-0.2, 0) is 11.0 Å². The van der Waals surface area contributed by atoms with Gasteiger partial charge in [0.15, 0.2) is 0 Å². The SMILES string of the molecule is CC(C)(C)n1c2ccccc2c2ccc(N(c3ccc4c(c3)C(c3ccccc3)(c3ccccc3)c3ccccc3-4)c3ccc4cccc(-c5ccccc5)c4c3)cc21. The van der Waals surface area contributed by atoms with Crippen LogP contribution in [-0.4, -0.2) is 4.57 Å². The number of hydrogen-bond acceptors (Lipinski definition) is 1. The van der Waals surface area contributed by atoms with Gasteiger partial charge in [0.05, 0.1) is 10.9 Å². The molecule has 11 rings (SSSR count). The summed E-state index contributed by atoms with van der Waals surface area (Å²) in [5.74, 6) is 0. The van der Waals surface area contributed by atoms with Crippen molar-refractivity contribution in [3.63, 3.8) is 0 Å². The van der Waals surface area contributed by atoms with Gasteiger partial charge in [-0.2, -0.15) is 0 Å². The van der Waals surface area contributed by atoms with Crippen LogP contribution in [0.15, 0.2) is 212 Å². The average Bonchev–Trinajstić information content (AvgIpc) is 3.78. The van der Waals surface area contributed by atoms with Crippen LogP contribution in [0.2, 0.25) is 0 Å². The average molecular weight is 757 g/mol. The largest absolute Gasteiger partial charge is 0.335 e. The maximum absolute atomic E-state index is 2.52. The molecule has 0 saturated carbocycles. The van der Waals surface area contributed by atoms with Crippen LogP contribution < -0.4 is 4.90 Å². The monoisotopic (exact) mass is 756 g/mol. The Kier molecular flexibility index (Phi) is 8.00. The summed E-state index contributed by atoms with van der Waals surface area (Å²) in [5, 5.41) is 4.98. The summed E-state index contributed by atoms with van der Waals surface area (Å²) in [5.41, 5.74) is 15.3. The molecule has 0 amide bonds. The van der Waals surface area contributed by atoms with E-state index in [0.717, 1.165) is 17.1 Å². The molecular weight excluding hydrogens is 713 g/mol. The fraction of sp³-hybridized carbons (Fsp3) is 0.0877. The second-order valence-corrected chi connectivity index (χ2v) is 16.9. The molecule has 1 aromatic heterocycles. The summed E-state index contributed by atoms with van der Waals surface area (Å²) >= 11 is 0. The summed E-state index contributed by atoms with van der Waals surface area (Å²) < 4.78 is 2.52. The van der Waals surface area contributed by atoms with Crippen LogP contribution in [0.25, 0.3) is 54.8 Å². The van der Waals surface area contributed by atoms with Crippen molar-refractivity contribution in [2.45, 2.75) is 31.7 Å². The molecule has 1 aliphatic rings. The molecule has 282 valence electrons. The Labute approximate surface area is 346 Å². The molecule has 0 saturated heterocycles. The fourth-order valence-electron chi connectivity index (χ4n) is 10.1. The first-order chi connectivity index (χ1) is 28.9. The maximum Gasteiger partial charge on any atom is 0.0714 e. The molecular formula is C57H44N2. The van der Waals surface area contributed by atoms with E-state index in [1.165, 1.54) is 77.1 Å². The summed E-state index contributed by atoms with van der Waals surface area (Å²) in [7, 11) is 0. The van der Waals surface area contributed by atoms with Gasteiger partial charge in [0, 0.05) is 38.9 Å². The Morgan fingerprint density at radius 3 is 1.69 bits per heavy atom. The van der Waals surface area contributed by atoms with Gasteiger partial charge in [0.25, 0.3) is 0 Å². The van der Waals surface area contributed by atoms with E-state index in [-0.39, 0.29) is 5.54 Å². The highest BCUT2D eigenvalue weighted by Gasteiger charge is 2.46. The van der Waals surface area contributed by atoms with Gasteiger partial charge in [0.2, 0.25) is 0 Å². The van der Waals surface area contributed by atoms with Crippen molar-refractivity contribution in [3.05, 3.63) is 235 Å². The zero-order chi connectivity index (χ0) is 39.7. The zero-order valence-corrected chi connectivity index (χ0v) is 33.6. The standard InChI is InChI=1S/C57H44N2/c1-56(2,3)59-54-29-16-14-26-49(54)50-35-33-45(38-55(50)59)58(43-31-30-40-20-17-27-46(51(40)36-43)39-18-7-4-8-19-39)44-32-34-48-47-25-13-15-28-52(47)57(53(48)37-44,41-21-9-5-10-22-41)42-23-11-6-12-24-42/h4-38H,1-3H3. The highest BCUT2D eigenvalue weighted by Crippen LogP contribution is 2.57. The third-order valence-electron chi connectivity index (χ3n) is 12.5. The third-order valence-corrected chi connectivity index (χ3v) is 12.5. The Balaban J connectivity index is 1.21. The Morgan fingerprint density at radius 1 is 0.390 bits per heavy atom. The van der Waals surface area contributed by atoms with E-state index in [9.17, 15) is 0 Å². The van der Waals surface area contributed by atoms with Crippen molar-refractivity contribution in [3.8, 4) is 22.3 Å². The number of hydrogen-bond donors (Lipinski definition) is 0. The summed E-state index contributed by atoms with van der Waals surface area (Å²) in [4.78, 5) is 2.48. The van der Waals surface area contributed by atoms with Crippen LogP contribution >= 0.6 is 0 Å². The number of para-hydroxylation sites is 1.